The summed E-state index contributed by atoms with van der Waals surface area (Å²) in [5, 5.41) is 11.9. The number of rotatable bonds is 6. The van der Waals surface area contributed by atoms with Gasteiger partial charge in [-0.2, -0.15) is 5.26 Å². The van der Waals surface area contributed by atoms with Gasteiger partial charge in [-0.15, -0.1) is 0 Å². The fraction of sp³-hybridized carbons (Fsp3) is 0.500. The molecule has 0 atom stereocenters. The first-order valence-electron chi connectivity index (χ1n) is 7.13. The molecule has 1 aliphatic carbocycles. The number of carbonyl (C=O) groups is 1. The molecule has 1 aromatic carbocycles. The molecule has 2 rings (SSSR count). The smallest absolute Gasteiger partial charge is 0.258 e. The Morgan fingerprint density at radius 3 is 2.71 bits per heavy atom. The Morgan fingerprint density at radius 2 is 2.14 bits per heavy atom. The quantitative estimate of drug-likeness (QED) is 0.862. The van der Waals surface area contributed by atoms with Crippen molar-refractivity contribution in [2.75, 3.05) is 27.2 Å². The zero-order valence-corrected chi connectivity index (χ0v) is 12.6. The molecule has 0 spiro atoms. The monoisotopic (exact) mass is 287 g/mol. The van der Waals surface area contributed by atoms with Crippen molar-refractivity contribution in [1.29, 1.82) is 5.26 Å². The number of nitriles is 1. The summed E-state index contributed by atoms with van der Waals surface area (Å²) in [4.78, 5) is 14.1. The Hall–Kier alpha value is -2.06. The van der Waals surface area contributed by atoms with Crippen LogP contribution in [0.25, 0.3) is 0 Å². The summed E-state index contributed by atoms with van der Waals surface area (Å²) in [6, 6.07) is 8.96. The number of hydrogen-bond acceptors (Lipinski definition) is 4. The van der Waals surface area contributed by atoms with E-state index in [2.05, 4.69) is 10.2 Å². The number of carbonyl (C=O) groups excluding carboxylic acids is 1. The average molecular weight is 287 g/mol. The highest BCUT2D eigenvalue weighted by Crippen LogP contribution is 2.35. The summed E-state index contributed by atoms with van der Waals surface area (Å²) in [5.74, 6) is 0.289. The molecule has 1 aliphatic rings. The molecule has 0 saturated heterocycles. The molecular formula is C16H21N3O2. The van der Waals surface area contributed by atoms with Crippen molar-refractivity contribution >= 4 is 5.91 Å². The molecule has 1 aromatic rings. The van der Waals surface area contributed by atoms with Gasteiger partial charge >= 0.3 is 0 Å². The first kappa shape index (κ1) is 15.3. The van der Waals surface area contributed by atoms with Gasteiger partial charge in [0.05, 0.1) is 5.56 Å². The molecule has 0 bridgehead atoms. The first-order valence-corrected chi connectivity index (χ1v) is 7.13. The van der Waals surface area contributed by atoms with Crippen molar-refractivity contribution in [2.45, 2.75) is 24.8 Å². The lowest BCUT2D eigenvalue weighted by Crippen LogP contribution is -2.57. The number of amides is 1. The lowest BCUT2D eigenvalue weighted by molar-refractivity contribution is -0.124. The van der Waals surface area contributed by atoms with E-state index >= 15 is 0 Å². The molecule has 1 N–H and O–H groups in total. The van der Waals surface area contributed by atoms with Crippen molar-refractivity contribution in [2.24, 2.45) is 0 Å². The van der Waals surface area contributed by atoms with E-state index < -0.39 is 0 Å². The summed E-state index contributed by atoms with van der Waals surface area (Å²) in [6.07, 6.45) is 3.43. The predicted octanol–water partition coefficient (Wildman–Crippen LogP) is 1.54. The number of para-hydroxylation sites is 1. The highest BCUT2D eigenvalue weighted by Gasteiger charge is 2.39. The Balaban J connectivity index is 1.82. The van der Waals surface area contributed by atoms with Gasteiger partial charge in [0.2, 0.25) is 0 Å². The summed E-state index contributed by atoms with van der Waals surface area (Å²) in [6.45, 7) is 0.574. The van der Waals surface area contributed by atoms with Gasteiger partial charge in [0.25, 0.3) is 5.91 Å². The average Bonchev–Trinajstić information content (AvgIpc) is 2.43. The van der Waals surface area contributed by atoms with Gasteiger partial charge in [0.1, 0.15) is 11.8 Å². The minimum atomic E-state index is -0.157. The number of ether oxygens (including phenoxy) is 1. The molecule has 0 radical (unpaired) electrons. The van der Waals surface area contributed by atoms with Crippen LogP contribution in [0.2, 0.25) is 0 Å². The number of nitrogens with one attached hydrogen (secondary N) is 1. The van der Waals surface area contributed by atoms with Crippen molar-refractivity contribution in [3.63, 3.8) is 0 Å². The maximum Gasteiger partial charge on any atom is 0.258 e. The van der Waals surface area contributed by atoms with Crippen molar-refractivity contribution in [1.82, 2.24) is 10.2 Å². The molecular weight excluding hydrogens is 266 g/mol. The van der Waals surface area contributed by atoms with E-state index in [0.717, 1.165) is 12.8 Å². The van der Waals surface area contributed by atoms with Gasteiger partial charge in [-0.25, -0.2) is 0 Å². The fourth-order valence-electron chi connectivity index (χ4n) is 2.51. The molecule has 21 heavy (non-hydrogen) atoms. The van der Waals surface area contributed by atoms with Gasteiger partial charge < -0.3 is 15.0 Å². The lowest BCUT2D eigenvalue weighted by atomic mass is 9.75. The van der Waals surface area contributed by atoms with Crippen LogP contribution in [0.3, 0.4) is 0 Å². The number of nitrogens with zero attached hydrogens (tertiary/aromatic N) is 2. The molecule has 0 aliphatic heterocycles. The van der Waals surface area contributed by atoms with E-state index in [-0.39, 0.29) is 18.1 Å². The van der Waals surface area contributed by atoms with E-state index in [9.17, 15) is 4.79 Å². The van der Waals surface area contributed by atoms with E-state index in [4.69, 9.17) is 10.00 Å². The van der Waals surface area contributed by atoms with Crippen LogP contribution >= 0.6 is 0 Å². The molecule has 5 heteroatoms. The second-order valence-electron chi connectivity index (χ2n) is 5.65. The molecule has 112 valence electrons. The Bertz CT molecular complexity index is 545. The largest absolute Gasteiger partial charge is 0.482 e. The Kier molecular flexibility index (Phi) is 4.81. The van der Waals surface area contributed by atoms with Gasteiger partial charge in [0.15, 0.2) is 6.61 Å². The Morgan fingerprint density at radius 1 is 1.43 bits per heavy atom. The molecule has 0 heterocycles. The second-order valence-corrected chi connectivity index (χ2v) is 5.65. The lowest BCUT2D eigenvalue weighted by Gasteiger charge is -2.47. The zero-order valence-electron chi connectivity index (χ0n) is 12.6. The normalized spacial score (nSPS) is 15.9. The van der Waals surface area contributed by atoms with Crippen LogP contribution < -0.4 is 10.1 Å². The molecule has 1 amide bonds. The van der Waals surface area contributed by atoms with E-state index in [0.29, 0.717) is 17.9 Å². The second kappa shape index (κ2) is 6.59. The number of benzene rings is 1. The third kappa shape index (κ3) is 3.53. The minimum Gasteiger partial charge on any atom is -0.482 e. The maximum atomic E-state index is 11.9. The number of hydrogen-bond donors (Lipinski definition) is 1. The third-order valence-corrected chi connectivity index (χ3v) is 4.21. The van der Waals surface area contributed by atoms with E-state index in [1.54, 1.807) is 24.3 Å². The van der Waals surface area contributed by atoms with Gasteiger partial charge in [-0.3, -0.25) is 4.79 Å². The summed E-state index contributed by atoms with van der Waals surface area (Å²) >= 11 is 0. The first-order chi connectivity index (χ1) is 10.1. The van der Waals surface area contributed by atoms with Crippen LogP contribution in [0.1, 0.15) is 24.8 Å². The van der Waals surface area contributed by atoms with Crippen LogP contribution in [0.15, 0.2) is 24.3 Å². The van der Waals surface area contributed by atoms with E-state index in [1.165, 1.54) is 6.42 Å². The third-order valence-electron chi connectivity index (χ3n) is 4.21. The molecule has 1 saturated carbocycles. The predicted molar refractivity (Wildman–Crippen MR) is 79.9 cm³/mol. The van der Waals surface area contributed by atoms with Gasteiger partial charge in [-0.05, 0) is 45.5 Å². The van der Waals surface area contributed by atoms with Gasteiger partial charge in [0, 0.05) is 12.1 Å². The fourth-order valence-corrected chi connectivity index (χ4v) is 2.51. The molecule has 0 unspecified atom stereocenters. The highest BCUT2D eigenvalue weighted by atomic mass is 16.5. The van der Waals surface area contributed by atoms with E-state index in [1.807, 2.05) is 20.2 Å². The van der Waals surface area contributed by atoms with Crippen molar-refractivity contribution < 1.29 is 9.53 Å². The van der Waals surface area contributed by atoms with Crippen LogP contribution in [-0.2, 0) is 4.79 Å². The minimum absolute atomic E-state index is 0.0673. The van der Waals surface area contributed by atoms with Crippen LogP contribution in [-0.4, -0.2) is 43.6 Å². The molecule has 0 aromatic heterocycles. The summed E-state index contributed by atoms with van der Waals surface area (Å²) in [7, 11) is 4.09. The topological polar surface area (TPSA) is 65.4 Å². The molecule has 1 fully saturated rings. The van der Waals surface area contributed by atoms with Crippen LogP contribution in [0, 0.1) is 11.3 Å². The number of likely N-dealkylation sites (N-methyl/N-ethyl adjacent to an activating group) is 1. The van der Waals surface area contributed by atoms with Crippen molar-refractivity contribution in [3.05, 3.63) is 29.8 Å². The summed E-state index contributed by atoms with van der Waals surface area (Å²) in [5.41, 5.74) is 0.536. The zero-order chi connectivity index (χ0) is 15.3. The standard InChI is InChI=1S/C16H21N3O2/c1-19(2)16(8-5-9-16)12-18-15(20)11-21-14-7-4-3-6-13(14)10-17/h3-4,6-7H,5,8-9,11-12H2,1-2H3,(H,18,20). The SMILES string of the molecule is CN(C)C1(CNC(=O)COc2ccccc2C#N)CCC1. The van der Waals surface area contributed by atoms with Crippen LogP contribution in [0.5, 0.6) is 5.75 Å². The maximum absolute atomic E-state index is 11.9. The van der Waals surface area contributed by atoms with Crippen molar-refractivity contribution in [3.8, 4) is 11.8 Å². The van der Waals surface area contributed by atoms with Gasteiger partial charge in [-0.1, -0.05) is 12.1 Å². The molecule has 5 nitrogen and oxygen atoms in total. The highest BCUT2D eigenvalue weighted by molar-refractivity contribution is 5.77. The van der Waals surface area contributed by atoms with Crippen LogP contribution in [0.4, 0.5) is 0 Å². The Labute approximate surface area is 125 Å². The summed E-state index contributed by atoms with van der Waals surface area (Å²) < 4.78 is 5.42.